The highest BCUT2D eigenvalue weighted by Crippen LogP contribution is 2.38. The Morgan fingerprint density at radius 1 is 1.12 bits per heavy atom. The number of amides is 1. The van der Waals surface area contributed by atoms with Gasteiger partial charge in [0.1, 0.15) is 0 Å². The van der Waals surface area contributed by atoms with Crippen LogP contribution in [0.4, 0.5) is 0 Å². The fraction of sp³-hybridized carbons (Fsp3) is 0.333. The van der Waals surface area contributed by atoms with Gasteiger partial charge in [-0.15, -0.1) is 0 Å². The minimum atomic E-state index is 0. The van der Waals surface area contributed by atoms with Crippen LogP contribution in [-0.4, -0.2) is 17.4 Å². The van der Waals surface area contributed by atoms with Crippen molar-refractivity contribution in [1.82, 2.24) is 10.3 Å². The first-order valence-corrected chi connectivity index (χ1v) is 8.91. The molecule has 2 aliphatic carbocycles. The molecule has 1 amide bonds. The Morgan fingerprint density at radius 2 is 2.00 bits per heavy atom. The van der Waals surface area contributed by atoms with E-state index in [4.69, 9.17) is 4.98 Å². The maximum atomic E-state index is 11.9. The van der Waals surface area contributed by atoms with Gasteiger partial charge in [-0.25, -0.2) is 0 Å². The van der Waals surface area contributed by atoms with Gasteiger partial charge in [-0.05, 0) is 48.1 Å². The Labute approximate surface area is 143 Å². The van der Waals surface area contributed by atoms with Gasteiger partial charge < -0.3 is 5.32 Å². The zero-order chi connectivity index (χ0) is 16.1. The van der Waals surface area contributed by atoms with Gasteiger partial charge >= 0.3 is 0 Å². The van der Waals surface area contributed by atoms with Gasteiger partial charge in [0.25, 0.3) is 5.91 Å². The van der Waals surface area contributed by atoms with Crippen LogP contribution >= 0.6 is 0 Å². The van der Waals surface area contributed by atoms with E-state index in [1.807, 2.05) is 6.07 Å². The number of allylic oxidation sites excluding steroid dienone is 1. The van der Waals surface area contributed by atoms with Crippen molar-refractivity contribution < 1.29 is 6.22 Å². The maximum absolute atomic E-state index is 11.9. The number of carbonyl (C=O) groups is 1. The molecule has 0 spiro atoms. The summed E-state index contributed by atoms with van der Waals surface area (Å²) in [5.41, 5.74) is 8.21. The number of pyridine rings is 1. The minimum absolute atomic E-state index is 0. The number of rotatable bonds is 2. The molecule has 1 fully saturated rings. The molecule has 122 valence electrons. The predicted molar refractivity (Wildman–Crippen MR) is 96.2 cm³/mol. The van der Waals surface area contributed by atoms with Crippen LogP contribution in [0.15, 0.2) is 36.4 Å². The lowest BCUT2D eigenvalue weighted by molar-refractivity contribution is 0.0946. The minimum Gasteiger partial charge on any atom is -0.352 e. The summed E-state index contributed by atoms with van der Waals surface area (Å²) in [6.45, 7) is 0.733. The van der Waals surface area contributed by atoms with Crippen molar-refractivity contribution in [2.45, 2.75) is 38.0 Å². The van der Waals surface area contributed by atoms with Crippen LogP contribution in [0.1, 0.15) is 65.0 Å². The molecule has 0 atom stereocenters. The van der Waals surface area contributed by atoms with Gasteiger partial charge in [0.15, 0.2) is 0 Å². The summed E-state index contributed by atoms with van der Waals surface area (Å²) >= 11 is 0. The molecule has 1 saturated carbocycles. The molecule has 2 heterocycles. The average Bonchev–Trinajstić information content (AvgIpc) is 2.96. The molecule has 1 N–H and O–H groups in total. The summed E-state index contributed by atoms with van der Waals surface area (Å²) in [5, 5.41) is 2.91. The molecule has 3 heteroatoms. The van der Waals surface area contributed by atoms with Crippen molar-refractivity contribution in [1.29, 1.82) is 0 Å². The van der Waals surface area contributed by atoms with Crippen LogP contribution in [0, 0.1) is 0 Å². The first-order chi connectivity index (χ1) is 11.8. The van der Waals surface area contributed by atoms with Crippen LogP contribution < -0.4 is 5.32 Å². The summed E-state index contributed by atoms with van der Waals surface area (Å²) in [6.07, 6.45) is 8.04. The highest BCUT2D eigenvalue weighted by Gasteiger charge is 2.24. The number of hydrogen-bond acceptors (Lipinski definition) is 2. The first-order valence-electron chi connectivity index (χ1n) is 8.91. The monoisotopic (exact) mass is 318 g/mol. The number of benzene rings is 1. The van der Waals surface area contributed by atoms with E-state index in [2.05, 4.69) is 35.7 Å². The largest absolute Gasteiger partial charge is 0.352 e. The zero-order valence-corrected chi connectivity index (χ0v) is 13.6. The maximum Gasteiger partial charge on any atom is 0.251 e. The smallest absolute Gasteiger partial charge is 0.251 e. The van der Waals surface area contributed by atoms with Crippen LogP contribution in [-0.2, 0) is 12.8 Å². The molecule has 0 unspecified atom stereocenters. The molecular formula is C21H22N2O. The molecule has 0 bridgehead atoms. The quantitative estimate of drug-likeness (QED) is 0.913. The van der Waals surface area contributed by atoms with Gasteiger partial charge in [0, 0.05) is 37.1 Å². The van der Waals surface area contributed by atoms with Gasteiger partial charge in [-0.1, -0.05) is 30.7 Å². The average molecular weight is 318 g/mol. The molecule has 1 aromatic carbocycles. The van der Waals surface area contributed by atoms with Crippen LogP contribution in [0.3, 0.4) is 0 Å². The van der Waals surface area contributed by atoms with E-state index in [9.17, 15) is 4.79 Å². The highest BCUT2D eigenvalue weighted by atomic mass is 16.1. The second-order valence-corrected chi connectivity index (χ2v) is 7.06. The summed E-state index contributed by atoms with van der Waals surface area (Å²) in [5.74, 6) is 0.733. The SMILES string of the molecule is O=C1NCCc2cc(C3=CCc4nc(C5CCC5)ccc43)ccc21.[HH]. The second kappa shape index (κ2) is 5.30. The molecular weight excluding hydrogens is 296 g/mol. The summed E-state index contributed by atoms with van der Waals surface area (Å²) < 4.78 is 0. The lowest BCUT2D eigenvalue weighted by atomic mass is 9.82. The van der Waals surface area contributed by atoms with Gasteiger partial charge in [0.05, 0.1) is 5.69 Å². The number of carbonyl (C=O) groups excluding carboxylic acids is 1. The van der Waals surface area contributed by atoms with Crippen molar-refractivity contribution in [3.63, 3.8) is 0 Å². The number of aromatic nitrogens is 1. The fourth-order valence-electron chi connectivity index (χ4n) is 4.03. The number of nitrogens with zero attached hydrogens (tertiary/aromatic N) is 1. The van der Waals surface area contributed by atoms with Crippen molar-refractivity contribution in [3.8, 4) is 0 Å². The molecule has 3 nitrogen and oxygen atoms in total. The van der Waals surface area contributed by atoms with Gasteiger partial charge in [0.2, 0.25) is 0 Å². The third-order valence-electron chi connectivity index (χ3n) is 5.65. The second-order valence-electron chi connectivity index (χ2n) is 7.06. The third-order valence-corrected chi connectivity index (χ3v) is 5.65. The van der Waals surface area contributed by atoms with E-state index < -0.39 is 0 Å². The Balaban J connectivity index is 0.00000157. The van der Waals surface area contributed by atoms with Crippen molar-refractivity contribution in [2.75, 3.05) is 6.54 Å². The predicted octanol–water partition coefficient (Wildman–Crippen LogP) is 3.87. The molecule has 0 radical (unpaired) electrons. The molecule has 3 aliphatic rings. The number of hydrogen-bond donors (Lipinski definition) is 1. The van der Waals surface area contributed by atoms with Gasteiger partial charge in [-0.3, -0.25) is 9.78 Å². The Bertz CT molecular complexity index is 883. The Hall–Kier alpha value is -2.42. The van der Waals surface area contributed by atoms with Gasteiger partial charge in [-0.2, -0.15) is 0 Å². The molecule has 0 saturated heterocycles. The van der Waals surface area contributed by atoms with E-state index in [-0.39, 0.29) is 7.33 Å². The summed E-state index contributed by atoms with van der Waals surface area (Å²) in [4.78, 5) is 16.9. The Kier molecular flexibility index (Phi) is 3.09. The van der Waals surface area contributed by atoms with Crippen molar-refractivity contribution in [2.24, 2.45) is 0 Å². The van der Waals surface area contributed by atoms with E-state index in [0.29, 0.717) is 5.92 Å². The molecule has 1 aliphatic heterocycles. The fourth-order valence-corrected chi connectivity index (χ4v) is 4.03. The standard InChI is InChI=1S/C21H20N2O.H2/c24-21-17-5-4-14(12-15(17)10-11-22-21)16-6-9-20-18(16)7-8-19(23-20)13-2-1-3-13;/h4-8,12-13H,1-3,9-11H2,(H,22,24);1H. The lowest BCUT2D eigenvalue weighted by Crippen LogP contribution is -2.31. The third kappa shape index (κ3) is 2.11. The van der Waals surface area contributed by atoms with Crippen LogP contribution in [0.25, 0.3) is 5.57 Å². The van der Waals surface area contributed by atoms with E-state index in [1.165, 1.54) is 47.4 Å². The molecule has 5 rings (SSSR count). The molecule has 1 aromatic heterocycles. The summed E-state index contributed by atoms with van der Waals surface area (Å²) in [7, 11) is 0. The number of nitrogens with one attached hydrogen (secondary N) is 1. The molecule has 2 aromatic rings. The van der Waals surface area contributed by atoms with E-state index in [0.717, 1.165) is 30.5 Å². The topological polar surface area (TPSA) is 42.0 Å². The zero-order valence-electron chi connectivity index (χ0n) is 13.6. The van der Waals surface area contributed by atoms with Crippen LogP contribution in [0.5, 0.6) is 0 Å². The summed E-state index contributed by atoms with van der Waals surface area (Å²) in [6, 6.07) is 10.7. The van der Waals surface area contributed by atoms with Crippen molar-refractivity contribution >= 4 is 11.5 Å². The lowest BCUT2D eigenvalue weighted by Gasteiger charge is -2.25. The highest BCUT2D eigenvalue weighted by molar-refractivity contribution is 5.97. The number of fused-ring (bicyclic) bond motifs is 2. The van der Waals surface area contributed by atoms with E-state index >= 15 is 0 Å². The van der Waals surface area contributed by atoms with Crippen LogP contribution in [0.2, 0.25) is 0 Å². The van der Waals surface area contributed by atoms with E-state index in [1.54, 1.807) is 0 Å². The Morgan fingerprint density at radius 3 is 2.83 bits per heavy atom. The normalized spacial score (nSPS) is 19.2. The molecule has 24 heavy (non-hydrogen) atoms. The first kappa shape index (κ1) is 14.0. The van der Waals surface area contributed by atoms with Crippen molar-refractivity contribution in [3.05, 3.63) is 70.0 Å².